The smallest absolute Gasteiger partial charge is 0.417 e. The van der Waals surface area contributed by atoms with Crippen LogP contribution in [0.25, 0.3) is 0 Å². The van der Waals surface area contributed by atoms with Crippen molar-refractivity contribution >= 4 is 8.32 Å². The number of halogens is 9. The lowest BCUT2D eigenvalue weighted by Crippen LogP contribution is -2.61. The molecule has 0 amide bonds. The van der Waals surface area contributed by atoms with Gasteiger partial charge in [0.25, 0.3) is 0 Å². The van der Waals surface area contributed by atoms with Crippen molar-refractivity contribution in [1.29, 1.82) is 0 Å². The molecular weight excluding hydrogens is 359 g/mol. The predicted octanol–water partition coefficient (Wildman–Crippen LogP) is 5.87. The summed E-state index contributed by atoms with van der Waals surface area (Å²) >= 11 is 0. The summed E-state index contributed by atoms with van der Waals surface area (Å²) in [7, 11) is -2.45. The molecule has 0 aromatic heterocycles. The molecule has 0 heterocycles. The zero-order chi connectivity index (χ0) is 18.7. The molecule has 0 atom stereocenters. The predicted molar refractivity (Wildman–Crippen MR) is 68.7 cm³/mol. The van der Waals surface area contributed by atoms with Crippen molar-refractivity contribution in [1.82, 2.24) is 0 Å². The van der Waals surface area contributed by atoms with Crippen molar-refractivity contribution < 1.29 is 43.9 Å². The van der Waals surface area contributed by atoms with Gasteiger partial charge in [-0.15, -0.1) is 0 Å². The highest BCUT2D eigenvalue weighted by Crippen LogP contribution is 2.54. The normalized spacial score (nSPS) is 15.1. The minimum Gasteiger partial charge on any atom is -0.417 e. The van der Waals surface area contributed by atoms with Crippen LogP contribution in [0, 0.1) is 0 Å². The van der Waals surface area contributed by atoms with Gasteiger partial charge in [0.2, 0.25) is 0 Å². The van der Waals surface area contributed by atoms with Crippen LogP contribution < -0.4 is 0 Å². The van der Waals surface area contributed by atoms with Gasteiger partial charge in [-0.25, -0.2) is 0 Å². The average molecular weight is 378 g/mol. The molecule has 0 aromatic rings. The Morgan fingerprint density at radius 3 is 1.39 bits per heavy atom. The second-order valence-electron chi connectivity index (χ2n) is 5.19. The minimum absolute atomic E-state index is 0.487. The summed E-state index contributed by atoms with van der Waals surface area (Å²) in [5.74, 6) is -18.9. The van der Waals surface area contributed by atoms with Crippen molar-refractivity contribution in [2.45, 2.75) is 69.3 Å². The summed E-state index contributed by atoms with van der Waals surface area (Å²) in [5, 5.41) is 0. The van der Waals surface area contributed by atoms with Crippen molar-refractivity contribution in [2.75, 3.05) is 6.61 Å². The molecule has 0 fully saturated rings. The topological polar surface area (TPSA) is 9.23 Å². The van der Waals surface area contributed by atoms with E-state index >= 15 is 0 Å². The maximum atomic E-state index is 13.3. The lowest BCUT2D eigenvalue weighted by molar-refractivity contribution is -0.397. The van der Waals surface area contributed by atoms with Gasteiger partial charge in [0.15, 0.2) is 8.32 Å². The van der Waals surface area contributed by atoms with Crippen LogP contribution in [0.15, 0.2) is 0 Å². The molecule has 0 aromatic carbocycles. The number of rotatable bonds is 9. The van der Waals surface area contributed by atoms with Crippen LogP contribution in [-0.2, 0) is 4.43 Å². The lowest BCUT2D eigenvalue weighted by Gasteiger charge is -2.34. The van der Waals surface area contributed by atoms with Gasteiger partial charge in [-0.2, -0.15) is 39.5 Å². The van der Waals surface area contributed by atoms with Crippen LogP contribution in [0.2, 0.25) is 18.1 Å². The van der Waals surface area contributed by atoms with Gasteiger partial charge < -0.3 is 4.43 Å². The first-order chi connectivity index (χ1) is 10.1. The Kier molecular flexibility index (Phi) is 7.06. The highest BCUT2D eigenvalue weighted by molar-refractivity contribution is 6.73. The van der Waals surface area contributed by atoms with Crippen molar-refractivity contribution in [3.05, 3.63) is 0 Å². The Balaban J connectivity index is 5.14. The fraction of sp³-hybridized carbons (Fsp3) is 1.00. The third-order valence-electron chi connectivity index (χ3n) is 3.97. The highest BCUT2D eigenvalue weighted by atomic mass is 28.4. The SMILES string of the molecule is CC[Si](CC)(CC)OCCC(F)(F)C(F)(F)C(F)(F)C(F)(F)F. The van der Waals surface area contributed by atoms with E-state index in [-0.39, 0.29) is 0 Å². The summed E-state index contributed by atoms with van der Waals surface area (Å²) in [4.78, 5) is 0. The monoisotopic (exact) mass is 378 g/mol. The van der Waals surface area contributed by atoms with Crippen molar-refractivity contribution in [3.8, 4) is 0 Å². The van der Waals surface area contributed by atoms with E-state index in [0.717, 1.165) is 0 Å². The maximum absolute atomic E-state index is 13.3. The molecule has 0 spiro atoms. The summed E-state index contributed by atoms with van der Waals surface area (Å²) in [6, 6.07) is 1.46. The van der Waals surface area contributed by atoms with E-state index in [0.29, 0.717) is 18.1 Å². The standard InChI is InChI=1S/C12H19F9OSi/c1-4-23(5-2,6-3)22-8-7-9(13,14)10(15,16)11(17,18)12(19,20)21/h4-8H2,1-3H3. The molecular formula is C12H19F9OSi. The van der Waals surface area contributed by atoms with Gasteiger partial charge in [0.05, 0.1) is 0 Å². The lowest BCUT2D eigenvalue weighted by atomic mass is 10.0. The molecule has 23 heavy (non-hydrogen) atoms. The molecule has 0 saturated heterocycles. The quantitative estimate of drug-likeness (QED) is 0.360. The first-order valence-corrected chi connectivity index (χ1v) is 9.51. The molecule has 0 saturated carbocycles. The van der Waals surface area contributed by atoms with Crippen molar-refractivity contribution in [2.24, 2.45) is 0 Å². The highest BCUT2D eigenvalue weighted by Gasteiger charge is 2.81. The first-order valence-electron chi connectivity index (χ1n) is 6.98. The van der Waals surface area contributed by atoms with Crippen LogP contribution in [0.4, 0.5) is 39.5 Å². The molecule has 0 bridgehead atoms. The molecule has 0 unspecified atom stereocenters. The Bertz CT molecular complexity index is 369. The molecule has 0 aliphatic rings. The summed E-state index contributed by atoms with van der Waals surface area (Å²) < 4.78 is 119. The van der Waals surface area contributed by atoms with Crippen LogP contribution in [0.5, 0.6) is 0 Å². The van der Waals surface area contributed by atoms with Crippen LogP contribution >= 0.6 is 0 Å². The third kappa shape index (κ3) is 4.34. The van der Waals surface area contributed by atoms with Crippen LogP contribution in [0.3, 0.4) is 0 Å². The van der Waals surface area contributed by atoms with E-state index in [4.69, 9.17) is 4.43 Å². The van der Waals surface area contributed by atoms with Gasteiger partial charge >= 0.3 is 23.9 Å². The zero-order valence-electron chi connectivity index (χ0n) is 12.8. The average Bonchev–Trinajstić information content (AvgIpc) is 2.42. The van der Waals surface area contributed by atoms with Gasteiger partial charge in [0.1, 0.15) is 0 Å². The van der Waals surface area contributed by atoms with Crippen LogP contribution in [0.1, 0.15) is 27.2 Å². The zero-order valence-corrected chi connectivity index (χ0v) is 13.8. The maximum Gasteiger partial charge on any atom is 0.460 e. The first kappa shape index (κ1) is 22.5. The molecule has 0 aliphatic heterocycles. The molecule has 0 rings (SSSR count). The fourth-order valence-corrected chi connectivity index (χ4v) is 4.66. The molecule has 1 nitrogen and oxygen atoms in total. The Morgan fingerprint density at radius 2 is 1.09 bits per heavy atom. The Labute approximate surface area is 129 Å². The second kappa shape index (κ2) is 7.20. The summed E-state index contributed by atoms with van der Waals surface area (Å²) in [6.07, 6.45) is -8.70. The number of alkyl halides is 9. The van der Waals surface area contributed by atoms with Gasteiger partial charge in [-0.1, -0.05) is 20.8 Å². The number of hydrogen-bond acceptors (Lipinski definition) is 1. The largest absolute Gasteiger partial charge is 0.460 e. The van der Waals surface area contributed by atoms with Gasteiger partial charge in [-0.3, -0.25) is 0 Å². The second-order valence-corrected chi connectivity index (χ2v) is 9.97. The fourth-order valence-electron chi connectivity index (χ4n) is 2.02. The Morgan fingerprint density at radius 1 is 0.696 bits per heavy atom. The van der Waals surface area contributed by atoms with E-state index in [9.17, 15) is 39.5 Å². The van der Waals surface area contributed by atoms with E-state index in [1.807, 2.05) is 0 Å². The van der Waals surface area contributed by atoms with Gasteiger partial charge in [-0.05, 0) is 18.1 Å². The summed E-state index contributed by atoms with van der Waals surface area (Å²) in [5.41, 5.74) is 0. The van der Waals surface area contributed by atoms with Crippen LogP contribution in [-0.4, -0.2) is 38.9 Å². The Hall–Kier alpha value is -0.453. The molecule has 0 N–H and O–H groups in total. The van der Waals surface area contributed by atoms with Gasteiger partial charge in [0, 0.05) is 13.0 Å². The third-order valence-corrected chi connectivity index (χ3v) is 8.65. The van der Waals surface area contributed by atoms with E-state index in [1.165, 1.54) is 0 Å². The van der Waals surface area contributed by atoms with E-state index in [2.05, 4.69) is 0 Å². The van der Waals surface area contributed by atoms with E-state index < -0.39 is 45.3 Å². The van der Waals surface area contributed by atoms with Crippen molar-refractivity contribution in [3.63, 3.8) is 0 Å². The minimum atomic E-state index is -6.84. The van der Waals surface area contributed by atoms with E-state index in [1.54, 1.807) is 20.8 Å². The summed E-state index contributed by atoms with van der Waals surface area (Å²) in [6.45, 7) is 4.13. The molecule has 0 aliphatic carbocycles. The molecule has 140 valence electrons. The molecule has 0 radical (unpaired) electrons. The molecule has 11 heteroatoms. The number of hydrogen-bond donors (Lipinski definition) is 0.